The smallest absolute Gasteiger partial charge is 0.329 e. The average Bonchev–Trinajstić information content (AvgIpc) is 3.88. The summed E-state index contributed by atoms with van der Waals surface area (Å²) in [5.74, 6) is -7.92. The molecule has 1 aromatic rings. The van der Waals surface area contributed by atoms with Crippen LogP contribution in [0.4, 0.5) is 0 Å². The molecular weight excluding hydrogens is 887 g/mol. The Morgan fingerprint density at radius 1 is 0.884 bits per heavy atom. The Morgan fingerprint density at radius 3 is 2.32 bits per heavy atom. The van der Waals surface area contributed by atoms with Gasteiger partial charge >= 0.3 is 5.97 Å². The maximum absolute atomic E-state index is 14.5. The summed E-state index contributed by atoms with van der Waals surface area (Å²) < 4.78 is 31.6. The standard InChI is InChI=1S/C52H79N5O12/c1-31-16-12-11-13-17-32(2)43(65-8)28-39-21-19-37(7)52(64,69-39)49(61)50(62)56-23-15-14-18-41(56)51(63)68-44(34(4)26-38-20-22-40(45(27-38)66-9)57-30-53-54-55-57)29-42(58)33(3)25-36(6)47(60)48(67-10)46(59)35(5)24-31/h11-13,16-17,25,30-31,33-35,37-41,43-45,47-48,60,64H,14-15,18-24,26-29H2,1-10H3/b13-11+,16-12?,32-17-,36-25+/t31-,33-,34-,35-,37-,38+,39+,40+,41+,43?,44?,45-,47-,48?,52-/m1/s1. The van der Waals surface area contributed by atoms with Gasteiger partial charge in [-0.05, 0) is 117 Å². The minimum atomic E-state index is -2.43. The van der Waals surface area contributed by atoms with E-state index in [1.54, 1.807) is 52.1 Å². The fourth-order valence-corrected chi connectivity index (χ4v) is 10.7. The van der Waals surface area contributed by atoms with Gasteiger partial charge in [0, 0.05) is 58.5 Å². The molecule has 3 fully saturated rings. The van der Waals surface area contributed by atoms with Crippen molar-refractivity contribution in [1.82, 2.24) is 25.1 Å². The molecule has 1 amide bonds. The highest BCUT2D eigenvalue weighted by atomic mass is 16.6. The summed E-state index contributed by atoms with van der Waals surface area (Å²) in [7, 11) is 4.62. The normalized spacial score (nSPS) is 38.3. The second-order valence-electron chi connectivity index (χ2n) is 20.4. The van der Waals surface area contributed by atoms with Crippen LogP contribution in [0.3, 0.4) is 0 Å². The van der Waals surface area contributed by atoms with Gasteiger partial charge in [-0.25, -0.2) is 9.48 Å². The van der Waals surface area contributed by atoms with E-state index in [4.69, 9.17) is 23.7 Å². The maximum atomic E-state index is 14.5. The first-order valence-electron chi connectivity index (χ1n) is 25.0. The van der Waals surface area contributed by atoms with Crippen molar-refractivity contribution in [2.75, 3.05) is 27.9 Å². The Bertz CT molecular complexity index is 2020. The van der Waals surface area contributed by atoms with Crippen LogP contribution in [0.15, 0.2) is 53.9 Å². The SMILES string of the molecule is COC1C[C@@H]2CC[C@@H](C)[C@@](O)(O2)C(=O)C(=O)N2CCCC[C@H]2C(=O)OC([C@H](C)C[C@@H]2CC[C@H](n3cnnn3)[C@H](OC)C2)CC(=O)[C@H](C)/C=C(\C)[C@@H](O)C(OC)C(=O)[C@H](C)C[C@H](C)C=C/C=C/C=C\1C. The molecule has 3 aliphatic heterocycles. The van der Waals surface area contributed by atoms with Crippen LogP contribution < -0.4 is 0 Å². The quantitative estimate of drug-likeness (QED) is 0.181. The molecule has 0 radical (unpaired) electrons. The Kier molecular flexibility index (Phi) is 20.8. The maximum Gasteiger partial charge on any atom is 0.329 e. The van der Waals surface area contributed by atoms with Crippen LogP contribution in [-0.2, 0) is 47.7 Å². The van der Waals surface area contributed by atoms with Crippen molar-refractivity contribution in [2.24, 2.45) is 35.5 Å². The number of ether oxygens (including phenoxy) is 5. The molecule has 1 aromatic heterocycles. The molecule has 15 atom stereocenters. The van der Waals surface area contributed by atoms with Crippen molar-refractivity contribution in [2.45, 2.75) is 180 Å². The third-order valence-electron chi connectivity index (χ3n) is 15.2. The summed E-state index contributed by atoms with van der Waals surface area (Å²) in [6.07, 6.45) is 13.9. The van der Waals surface area contributed by atoms with Gasteiger partial charge in [0.1, 0.15) is 36.5 Å². The summed E-state index contributed by atoms with van der Waals surface area (Å²) in [6.45, 7) is 12.8. The number of carbonyl (C=O) groups is 5. The molecular formula is C52H79N5O12. The first-order chi connectivity index (χ1) is 32.8. The summed E-state index contributed by atoms with van der Waals surface area (Å²) in [5, 5.41) is 35.2. The zero-order valence-electron chi connectivity index (χ0n) is 42.5. The number of nitrogens with zero attached hydrogens (tertiary/aromatic N) is 5. The number of methoxy groups -OCH3 is 3. The third-order valence-corrected chi connectivity index (χ3v) is 15.2. The predicted molar refractivity (Wildman–Crippen MR) is 256 cm³/mol. The molecule has 17 nitrogen and oxygen atoms in total. The Hall–Kier alpha value is -4.26. The number of amides is 1. The average molecular weight is 966 g/mol. The van der Waals surface area contributed by atoms with Gasteiger partial charge in [0.05, 0.1) is 24.4 Å². The number of aromatic nitrogens is 4. The third kappa shape index (κ3) is 14.2. The second-order valence-corrected chi connectivity index (χ2v) is 20.4. The molecule has 2 saturated heterocycles. The minimum Gasteiger partial charge on any atom is -0.460 e. The molecule has 69 heavy (non-hydrogen) atoms. The Morgan fingerprint density at radius 2 is 1.64 bits per heavy atom. The molecule has 4 heterocycles. The lowest BCUT2D eigenvalue weighted by molar-refractivity contribution is -0.265. The molecule has 2 N–H and O–H groups in total. The van der Waals surface area contributed by atoms with Crippen molar-refractivity contribution in [1.29, 1.82) is 0 Å². The fraction of sp³-hybridized carbons (Fsp3) is 0.731. The van der Waals surface area contributed by atoms with E-state index in [-0.39, 0.29) is 60.9 Å². The molecule has 2 bridgehead atoms. The molecule has 384 valence electrons. The highest BCUT2D eigenvalue weighted by molar-refractivity contribution is 6.39. The van der Waals surface area contributed by atoms with Gasteiger partial charge in [-0.1, -0.05) is 71.1 Å². The summed E-state index contributed by atoms with van der Waals surface area (Å²) in [4.78, 5) is 72.3. The van der Waals surface area contributed by atoms with Crippen LogP contribution in [-0.4, -0.2) is 141 Å². The Balaban J connectivity index is 1.46. The minimum absolute atomic E-state index is 0.0170. The van der Waals surface area contributed by atoms with Gasteiger partial charge in [0.15, 0.2) is 5.78 Å². The van der Waals surface area contributed by atoms with E-state index in [1.165, 1.54) is 12.0 Å². The summed E-state index contributed by atoms with van der Waals surface area (Å²) >= 11 is 0. The first-order valence-corrected chi connectivity index (χ1v) is 25.0. The zero-order valence-corrected chi connectivity index (χ0v) is 42.5. The van der Waals surface area contributed by atoms with Crippen molar-refractivity contribution in [3.8, 4) is 0 Å². The molecule has 1 saturated carbocycles. The van der Waals surface area contributed by atoms with E-state index < -0.39 is 77.8 Å². The molecule has 5 rings (SSSR count). The van der Waals surface area contributed by atoms with E-state index >= 15 is 0 Å². The van der Waals surface area contributed by atoms with E-state index in [0.717, 1.165) is 18.4 Å². The lowest BCUT2D eigenvalue weighted by atomic mass is 9.77. The summed E-state index contributed by atoms with van der Waals surface area (Å²) in [6, 6.07) is -1.19. The van der Waals surface area contributed by atoms with Crippen LogP contribution in [0.2, 0.25) is 0 Å². The number of fused-ring (bicyclic) bond motifs is 3. The number of ketones is 3. The first kappa shape index (κ1) is 55.7. The molecule has 3 unspecified atom stereocenters. The lowest BCUT2D eigenvalue weighted by Crippen LogP contribution is -2.61. The topological polar surface area (TPSA) is 219 Å². The number of carbonyl (C=O) groups excluding carboxylic acids is 5. The monoisotopic (exact) mass is 966 g/mol. The van der Waals surface area contributed by atoms with Crippen LogP contribution >= 0.6 is 0 Å². The zero-order chi connectivity index (χ0) is 50.6. The van der Waals surface area contributed by atoms with Gasteiger partial charge in [-0.3, -0.25) is 19.2 Å². The van der Waals surface area contributed by atoms with Gasteiger partial charge in [-0.2, -0.15) is 0 Å². The number of allylic oxidation sites excluding steroid dienone is 6. The number of Topliss-reactive ketones (excluding diaryl/α,β-unsaturated/α-hetero) is 3. The predicted octanol–water partition coefficient (Wildman–Crippen LogP) is 6.05. The lowest BCUT2D eigenvalue weighted by Gasteiger charge is -2.42. The van der Waals surface area contributed by atoms with Crippen molar-refractivity contribution < 1.29 is 57.9 Å². The van der Waals surface area contributed by atoms with Gasteiger partial charge in [0.25, 0.3) is 11.7 Å². The van der Waals surface area contributed by atoms with Gasteiger partial charge in [-0.15, -0.1) is 5.10 Å². The van der Waals surface area contributed by atoms with Crippen LogP contribution in [0.1, 0.15) is 132 Å². The number of aliphatic hydroxyl groups is 2. The molecule has 0 aromatic carbocycles. The number of aliphatic hydroxyl groups excluding tert-OH is 1. The van der Waals surface area contributed by atoms with E-state index in [1.807, 2.05) is 58.1 Å². The number of rotatable bonds is 7. The Labute approximate surface area is 408 Å². The van der Waals surface area contributed by atoms with Gasteiger partial charge in [0.2, 0.25) is 5.79 Å². The molecule has 1 aliphatic carbocycles. The van der Waals surface area contributed by atoms with Crippen LogP contribution in [0.5, 0.6) is 0 Å². The van der Waals surface area contributed by atoms with E-state index in [9.17, 15) is 34.2 Å². The number of hydrogen-bond acceptors (Lipinski definition) is 15. The van der Waals surface area contributed by atoms with Crippen LogP contribution in [0.25, 0.3) is 0 Å². The van der Waals surface area contributed by atoms with Crippen LogP contribution in [0, 0.1) is 35.5 Å². The summed E-state index contributed by atoms with van der Waals surface area (Å²) in [5.41, 5.74) is 1.27. The second kappa shape index (κ2) is 25.7. The van der Waals surface area contributed by atoms with Gasteiger partial charge < -0.3 is 38.8 Å². The number of tetrazole rings is 1. The van der Waals surface area contributed by atoms with Crippen molar-refractivity contribution in [3.63, 3.8) is 0 Å². The van der Waals surface area contributed by atoms with E-state index in [0.29, 0.717) is 56.9 Å². The molecule has 17 heteroatoms. The van der Waals surface area contributed by atoms with E-state index in [2.05, 4.69) is 15.5 Å². The fourth-order valence-electron chi connectivity index (χ4n) is 10.7. The molecule has 0 spiro atoms. The van der Waals surface area contributed by atoms with Crippen molar-refractivity contribution in [3.05, 3.63) is 53.9 Å². The molecule has 4 aliphatic rings. The highest BCUT2D eigenvalue weighted by Crippen LogP contribution is 2.39. The highest BCUT2D eigenvalue weighted by Gasteiger charge is 2.53. The largest absolute Gasteiger partial charge is 0.460 e. The number of piperidine rings is 1. The number of cyclic esters (lactones) is 1. The van der Waals surface area contributed by atoms with Crippen molar-refractivity contribution >= 4 is 29.2 Å². The number of hydrogen-bond donors (Lipinski definition) is 2. The number of esters is 1.